The zero-order valence-corrected chi connectivity index (χ0v) is 18.0. The minimum atomic E-state index is -3.95. The number of rotatable bonds is 7. The third kappa shape index (κ3) is 4.72. The summed E-state index contributed by atoms with van der Waals surface area (Å²) < 4.78 is 29.1. The minimum Gasteiger partial charge on any atom is -0.480 e. The maximum atomic E-state index is 12.6. The average molecular weight is 437 g/mol. The monoisotopic (exact) mass is 436 g/mol. The molecule has 0 aliphatic heterocycles. The Balaban J connectivity index is 1.87. The largest absolute Gasteiger partial charge is 0.480 e. The minimum absolute atomic E-state index is 0.0300. The number of fused-ring (bicyclic) bond motifs is 1. The Bertz CT molecular complexity index is 1110. The van der Waals surface area contributed by atoms with Crippen LogP contribution in [0.1, 0.15) is 19.4 Å². The molecule has 9 heteroatoms. The molecule has 6 nitrogen and oxygen atoms in total. The van der Waals surface area contributed by atoms with Gasteiger partial charge in [0.25, 0.3) is 0 Å². The number of sulfonamides is 1. The Labute approximate surface area is 172 Å². The summed E-state index contributed by atoms with van der Waals surface area (Å²) in [5, 5.41) is 9.25. The SMILES string of the molecule is Cc1ccc(Sc2nc3ccc(S(=O)(=O)N[C@@H](C(=O)O)C(C)C)cc3s2)cc1. The van der Waals surface area contributed by atoms with Gasteiger partial charge in [0.05, 0.1) is 15.1 Å². The number of carboxylic acids is 1. The van der Waals surface area contributed by atoms with Crippen LogP contribution >= 0.6 is 23.1 Å². The lowest BCUT2D eigenvalue weighted by molar-refractivity contribution is -0.140. The van der Waals surface area contributed by atoms with Crippen molar-refractivity contribution in [3.05, 3.63) is 48.0 Å². The van der Waals surface area contributed by atoms with Gasteiger partial charge in [0.15, 0.2) is 4.34 Å². The van der Waals surface area contributed by atoms with Crippen molar-refractivity contribution in [3.8, 4) is 0 Å². The summed E-state index contributed by atoms with van der Waals surface area (Å²) in [5.74, 6) is -1.58. The Morgan fingerprint density at radius 2 is 1.86 bits per heavy atom. The van der Waals surface area contributed by atoms with Gasteiger partial charge in [-0.25, -0.2) is 13.4 Å². The van der Waals surface area contributed by atoms with Gasteiger partial charge >= 0.3 is 5.97 Å². The van der Waals surface area contributed by atoms with Crippen LogP contribution < -0.4 is 4.72 Å². The fraction of sp³-hybridized carbons (Fsp3) is 0.263. The van der Waals surface area contributed by atoms with Crippen molar-refractivity contribution in [2.45, 2.75) is 40.9 Å². The fourth-order valence-electron chi connectivity index (χ4n) is 2.51. The molecule has 0 unspecified atom stereocenters. The van der Waals surface area contributed by atoms with E-state index in [9.17, 15) is 18.3 Å². The summed E-state index contributed by atoms with van der Waals surface area (Å²) in [4.78, 5) is 17.0. The summed E-state index contributed by atoms with van der Waals surface area (Å²) in [6.07, 6.45) is 0. The molecule has 0 fully saturated rings. The Morgan fingerprint density at radius 1 is 1.18 bits per heavy atom. The summed E-state index contributed by atoms with van der Waals surface area (Å²) in [6.45, 7) is 5.33. The van der Waals surface area contributed by atoms with Gasteiger partial charge < -0.3 is 5.11 Å². The van der Waals surface area contributed by atoms with E-state index in [1.165, 1.54) is 40.8 Å². The summed E-state index contributed by atoms with van der Waals surface area (Å²) in [7, 11) is -3.95. The number of aromatic nitrogens is 1. The fourth-order valence-corrected chi connectivity index (χ4v) is 6.03. The van der Waals surface area contributed by atoms with E-state index in [-0.39, 0.29) is 10.8 Å². The van der Waals surface area contributed by atoms with Gasteiger partial charge in [0.1, 0.15) is 6.04 Å². The van der Waals surface area contributed by atoms with Crippen molar-refractivity contribution in [2.24, 2.45) is 5.92 Å². The van der Waals surface area contributed by atoms with Crippen LogP contribution in [0.3, 0.4) is 0 Å². The second-order valence-corrected chi connectivity index (χ2v) is 10.8. The molecular formula is C19H20N2O4S3. The molecule has 3 aromatic rings. The predicted octanol–water partition coefficient (Wildman–Crippen LogP) is 4.14. The van der Waals surface area contributed by atoms with Crippen LogP contribution in [0, 0.1) is 12.8 Å². The van der Waals surface area contributed by atoms with E-state index < -0.39 is 22.0 Å². The highest BCUT2D eigenvalue weighted by molar-refractivity contribution is 8.01. The van der Waals surface area contributed by atoms with E-state index >= 15 is 0 Å². The molecule has 0 bridgehead atoms. The molecule has 0 saturated carbocycles. The maximum absolute atomic E-state index is 12.6. The molecule has 0 aliphatic rings. The molecule has 0 aliphatic carbocycles. The van der Waals surface area contributed by atoms with Crippen LogP contribution in [-0.4, -0.2) is 30.5 Å². The van der Waals surface area contributed by atoms with Gasteiger partial charge in [-0.15, -0.1) is 11.3 Å². The first-order chi connectivity index (χ1) is 13.2. The van der Waals surface area contributed by atoms with Crippen LogP contribution in [-0.2, 0) is 14.8 Å². The number of carboxylic acid groups (broad SMARTS) is 1. The van der Waals surface area contributed by atoms with Crippen LogP contribution in [0.5, 0.6) is 0 Å². The number of hydrogen-bond donors (Lipinski definition) is 2. The lowest BCUT2D eigenvalue weighted by atomic mass is 10.1. The molecular weight excluding hydrogens is 416 g/mol. The van der Waals surface area contributed by atoms with E-state index in [0.717, 1.165) is 13.9 Å². The van der Waals surface area contributed by atoms with Crippen molar-refractivity contribution in [1.82, 2.24) is 9.71 Å². The van der Waals surface area contributed by atoms with Crippen molar-refractivity contribution >= 4 is 49.3 Å². The highest BCUT2D eigenvalue weighted by atomic mass is 32.2. The van der Waals surface area contributed by atoms with E-state index in [1.54, 1.807) is 19.9 Å². The molecule has 2 N–H and O–H groups in total. The summed E-state index contributed by atoms with van der Waals surface area (Å²) in [5.41, 5.74) is 1.88. The van der Waals surface area contributed by atoms with Crippen LogP contribution in [0.15, 0.2) is 56.6 Å². The van der Waals surface area contributed by atoms with Crippen LogP contribution in [0.2, 0.25) is 0 Å². The van der Waals surface area contributed by atoms with E-state index in [0.29, 0.717) is 5.52 Å². The smallest absolute Gasteiger partial charge is 0.322 e. The van der Waals surface area contributed by atoms with Gasteiger partial charge in [0, 0.05) is 4.90 Å². The molecule has 0 saturated heterocycles. The van der Waals surface area contributed by atoms with Crippen molar-refractivity contribution in [1.29, 1.82) is 0 Å². The molecule has 148 valence electrons. The molecule has 2 aromatic carbocycles. The third-order valence-electron chi connectivity index (χ3n) is 4.09. The third-order valence-corrected chi connectivity index (χ3v) is 7.62. The zero-order valence-electron chi connectivity index (χ0n) is 15.5. The van der Waals surface area contributed by atoms with Gasteiger partial charge in [-0.2, -0.15) is 4.72 Å². The molecule has 0 spiro atoms. The Kier molecular flexibility index (Phi) is 6.09. The molecule has 28 heavy (non-hydrogen) atoms. The molecule has 1 atom stereocenters. The van der Waals surface area contributed by atoms with Crippen molar-refractivity contribution in [2.75, 3.05) is 0 Å². The quantitative estimate of drug-likeness (QED) is 0.578. The number of hydrogen-bond acceptors (Lipinski definition) is 6. The molecule has 1 heterocycles. The van der Waals surface area contributed by atoms with Crippen LogP contribution in [0.4, 0.5) is 0 Å². The van der Waals surface area contributed by atoms with Gasteiger partial charge in [-0.1, -0.05) is 43.3 Å². The highest BCUT2D eigenvalue weighted by Crippen LogP contribution is 2.35. The van der Waals surface area contributed by atoms with Gasteiger partial charge in [-0.05, 0) is 43.2 Å². The molecule has 3 rings (SSSR count). The Morgan fingerprint density at radius 3 is 2.46 bits per heavy atom. The number of nitrogens with one attached hydrogen (secondary N) is 1. The Hall–Kier alpha value is -1.94. The summed E-state index contributed by atoms with van der Waals surface area (Å²) >= 11 is 2.92. The van der Waals surface area contributed by atoms with E-state index in [4.69, 9.17) is 0 Å². The van der Waals surface area contributed by atoms with E-state index in [1.807, 2.05) is 31.2 Å². The topological polar surface area (TPSA) is 96.4 Å². The number of aryl methyl sites for hydroxylation is 1. The van der Waals surface area contributed by atoms with Crippen molar-refractivity contribution in [3.63, 3.8) is 0 Å². The van der Waals surface area contributed by atoms with Gasteiger partial charge in [0.2, 0.25) is 10.0 Å². The standard InChI is InChI=1S/C19H20N2O4S3/c1-11(2)17(18(22)23)21-28(24,25)14-8-9-15-16(10-14)27-19(20-15)26-13-6-4-12(3)5-7-13/h4-11,17,21H,1-3H3,(H,22,23)/t17-/m1/s1. The zero-order chi connectivity index (χ0) is 20.5. The molecule has 0 radical (unpaired) electrons. The lowest BCUT2D eigenvalue weighted by Gasteiger charge is -2.17. The first kappa shape index (κ1) is 20.8. The maximum Gasteiger partial charge on any atom is 0.322 e. The van der Waals surface area contributed by atoms with Crippen LogP contribution in [0.25, 0.3) is 10.2 Å². The normalized spacial score (nSPS) is 13.1. The first-order valence-electron chi connectivity index (χ1n) is 8.56. The number of benzene rings is 2. The lowest BCUT2D eigenvalue weighted by Crippen LogP contribution is -2.44. The molecule has 1 aromatic heterocycles. The molecule has 0 amide bonds. The summed E-state index contributed by atoms with van der Waals surface area (Å²) in [6, 6.07) is 11.5. The number of nitrogens with zero attached hydrogens (tertiary/aromatic N) is 1. The number of thiazole rings is 1. The second-order valence-electron chi connectivity index (χ2n) is 6.71. The number of aliphatic carboxylic acids is 1. The van der Waals surface area contributed by atoms with E-state index in [2.05, 4.69) is 9.71 Å². The number of carbonyl (C=O) groups is 1. The predicted molar refractivity (Wildman–Crippen MR) is 112 cm³/mol. The highest BCUT2D eigenvalue weighted by Gasteiger charge is 2.28. The average Bonchev–Trinajstić information content (AvgIpc) is 3.02. The first-order valence-corrected chi connectivity index (χ1v) is 11.7. The van der Waals surface area contributed by atoms with Crippen molar-refractivity contribution < 1.29 is 18.3 Å². The van der Waals surface area contributed by atoms with Gasteiger partial charge in [-0.3, -0.25) is 4.79 Å². The second kappa shape index (κ2) is 8.20.